The van der Waals surface area contributed by atoms with Crippen LogP contribution in [0.2, 0.25) is 0 Å². The van der Waals surface area contributed by atoms with Crippen molar-refractivity contribution in [2.24, 2.45) is 0 Å². The maximum absolute atomic E-state index is 13.3. The van der Waals surface area contributed by atoms with E-state index in [0.29, 0.717) is 23.7 Å². The zero-order valence-corrected chi connectivity index (χ0v) is 17.8. The zero-order chi connectivity index (χ0) is 23.4. The lowest BCUT2D eigenvalue weighted by atomic mass is 10.0. The van der Waals surface area contributed by atoms with Crippen LogP contribution in [0.3, 0.4) is 0 Å². The van der Waals surface area contributed by atoms with E-state index >= 15 is 0 Å². The number of amides is 4. The quantitative estimate of drug-likeness (QED) is 0.325. The highest BCUT2D eigenvalue weighted by Gasteiger charge is 2.43. The second-order valence-electron chi connectivity index (χ2n) is 6.99. The standard InChI is InChI=1S/C22H23N3O7/c1-4-32-18-10-13(8-9-17(18)31-3)16(11-19(27)24-30)25-21(28)14-6-5-7-15(23-12(2)26)20(14)22(25)29/h5-10,16,30H,4,11H2,1-3H3,(H,23,26)(H,24,27)/t16-/m1/s1. The van der Waals surface area contributed by atoms with Crippen LogP contribution >= 0.6 is 0 Å². The van der Waals surface area contributed by atoms with E-state index in [-0.39, 0.29) is 16.8 Å². The summed E-state index contributed by atoms with van der Waals surface area (Å²) in [6.07, 6.45) is -0.394. The lowest BCUT2D eigenvalue weighted by molar-refractivity contribution is -0.130. The Morgan fingerprint density at radius 3 is 2.50 bits per heavy atom. The molecule has 10 heteroatoms. The first-order valence-corrected chi connectivity index (χ1v) is 9.84. The van der Waals surface area contributed by atoms with Gasteiger partial charge in [0.2, 0.25) is 11.8 Å². The van der Waals surface area contributed by atoms with E-state index in [9.17, 15) is 19.2 Å². The van der Waals surface area contributed by atoms with E-state index in [0.717, 1.165) is 4.90 Å². The number of methoxy groups -OCH3 is 1. The Morgan fingerprint density at radius 2 is 1.88 bits per heavy atom. The first kappa shape index (κ1) is 22.8. The number of benzene rings is 2. The minimum atomic E-state index is -1.05. The fraction of sp³-hybridized carbons (Fsp3) is 0.273. The summed E-state index contributed by atoms with van der Waals surface area (Å²) in [5.41, 5.74) is 2.31. The van der Waals surface area contributed by atoms with Gasteiger partial charge in [-0.1, -0.05) is 12.1 Å². The molecule has 1 heterocycles. The minimum absolute atomic E-state index is 0.0423. The van der Waals surface area contributed by atoms with Crippen LogP contribution in [0.25, 0.3) is 0 Å². The second kappa shape index (κ2) is 9.48. The Morgan fingerprint density at radius 1 is 1.12 bits per heavy atom. The minimum Gasteiger partial charge on any atom is -0.493 e. The number of imide groups is 1. The molecule has 1 aliphatic heterocycles. The van der Waals surface area contributed by atoms with Gasteiger partial charge in [0.15, 0.2) is 11.5 Å². The molecular weight excluding hydrogens is 418 g/mol. The molecule has 0 spiro atoms. The number of carbonyl (C=O) groups is 4. The SMILES string of the molecule is CCOc1cc([C@@H](CC(=O)NO)N2C(=O)c3cccc(NC(C)=O)c3C2=O)ccc1OC. The maximum atomic E-state index is 13.3. The smallest absolute Gasteiger partial charge is 0.264 e. The molecule has 2 aromatic rings. The van der Waals surface area contributed by atoms with Crippen molar-refractivity contribution in [3.8, 4) is 11.5 Å². The molecule has 3 N–H and O–H groups in total. The molecule has 0 unspecified atom stereocenters. The number of hydroxylamine groups is 1. The van der Waals surface area contributed by atoms with Gasteiger partial charge in [-0.05, 0) is 36.8 Å². The number of carbonyl (C=O) groups excluding carboxylic acids is 4. The molecule has 1 atom stereocenters. The van der Waals surface area contributed by atoms with E-state index in [1.54, 1.807) is 31.2 Å². The van der Waals surface area contributed by atoms with Crippen molar-refractivity contribution in [1.82, 2.24) is 10.4 Å². The predicted molar refractivity (Wildman–Crippen MR) is 113 cm³/mol. The van der Waals surface area contributed by atoms with Gasteiger partial charge in [-0.2, -0.15) is 0 Å². The van der Waals surface area contributed by atoms with Crippen LogP contribution in [0.1, 0.15) is 52.6 Å². The van der Waals surface area contributed by atoms with E-state index in [1.165, 1.54) is 31.6 Å². The Kier molecular flexibility index (Phi) is 6.74. The molecule has 32 heavy (non-hydrogen) atoms. The van der Waals surface area contributed by atoms with Gasteiger partial charge in [0, 0.05) is 6.92 Å². The number of hydrogen-bond donors (Lipinski definition) is 3. The summed E-state index contributed by atoms with van der Waals surface area (Å²) in [7, 11) is 1.47. The van der Waals surface area contributed by atoms with Gasteiger partial charge in [-0.3, -0.25) is 29.3 Å². The van der Waals surface area contributed by atoms with Gasteiger partial charge in [-0.25, -0.2) is 5.48 Å². The van der Waals surface area contributed by atoms with Crippen LogP contribution in [-0.2, 0) is 9.59 Å². The maximum Gasteiger partial charge on any atom is 0.264 e. The first-order chi connectivity index (χ1) is 15.3. The van der Waals surface area contributed by atoms with E-state index in [1.807, 2.05) is 0 Å². The highest BCUT2D eigenvalue weighted by molar-refractivity contribution is 6.24. The van der Waals surface area contributed by atoms with Crippen molar-refractivity contribution < 1.29 is 33.9 Å². The number of rotatable bonds is 8. The average Bonchev–Trinajstić information content (AvgIpc) is 3.02. The van der Waals surface area contributed by atoms with Crippen LogP contribution in [0.15, 0.2) is 36.4 Å². The molecule has 3 rings (SSSR count). The third kappa shape index (κ3) is 4.26. The molecule has 0 aliphatic carbocycles. The third-order valence-corrected chi connectivity index (χ3v) is 4.94. The van der Waals surface area contributed by atoms with E-state index < -0.39 is 36.1 Å². The number of nitrogens with zero attached hydrogens (tertiary/aromatic N) is 1. The fourth-order valence-electron chi connectivity index (χ4n) is 3.63. The highest BCUT2D eigenvalue weighted by atomic mass is 16.5. The van der Waals surface area contributed by atoms with E-state index in [2.05, 4.69) is 5.32 Å². The van der Waals surface area contributed by atoms with Crippen molar-refractivity contribution in [2.45, 2.75) is 26.3 Å². The summed E-state index contributed by atoms with van der Waals surface area (Å²) in [5.74, 6) is -1.67. The second-order valence-corrected chi connectivity index (χ2v) is 6.99. The summed E-state index contributed by atoms with van der Waals surface area (Å²) >= 11 is 0. The largest absolute Gasteiger partial charge is 0.493 e. The Bertz CT molecular complexity index is 1080. The molecule has 0 radical (unpaired) electrons. The molecule has 0 saturated carbocycles. The molecule has 2 aromatic carbocycles. The van der Waals surface area contributed by atoms with Crippen LogP contribution in [-0.4, -0.2) is 47.5 Å². The van der Waals surface area contributed by atoms with Crippen molar-refractivity contribution in [2.75, 3.05) is 19.0 Å². The molecule has 0 aromatic heterocycles. The molecule has 168 valence electrons. The number of hydrogen-bond acceptors (Lipinski definition) is 7. The van der Waals surface area contributed by atoms with Crippen LogP contribution in [0, 0.1) is 0 Å². The molecule has 0 saturated heterocycles. The van der Waals surface area contributed by atoms with Gasteiger partial charge in [-0.15, -0.1) is 0 Å². The van der Waals surface area contributed by atoms with Crippen LogP contribution < -0.4 is 20.3 Å². The highest BCUT2D eigenvalue weighted by Crippen LogP contribution is 2.39. The molecular formula is C22H23N3O7. The van der Waals surface area contributed by atoms with Gasteiger partial charge in [0.1, 0.15) is 0 Å². The normalized spacial score (nSPS) is 13.4. The Labute approximate surface area is 184 Å². The summed E-state index contributed by atoms with van der Waals surface area (Å²) in [4.78, 5) is 51.1. The monoisotopic (exact) mass is 441 g/mol. The molecule has 0 bridgehead atoms. The Balaban J connectivity index is 2.10. The van der Waals surface area contributed by atoms with Crippen molar-refractivity contribution >= 4 is 29.3 Å². The van der Waals surface area contributed by atoms with Gasteiger partial charge in [0.05, 0.1) is 43.0 Å². The Hall–Kier alpha value is -3.92. The number of ether oxygens (including phenoxy) is 2. The first-order valence-electron chi connectivity index (χ1n) is 9.84. The summed E-state index contributed by atoms with van der Waals surface area (Å²) in [6, 6.07) is 8.28. The number of nitrogens with one attached hydrogen (secondary N) is 2. The summed E-state index contributed by atoms with van der Waals surface area (Å²) in [6.45, 7) is 3.42. The van der Waals surface area contributed by atoms with Gasteiger partial charge >= 0.3 is 0 Å². The van der Waals surface area contributed by atoms with E-state index in [4.69, 9.17) is 14.7 Å². The summed E-state index contributed by atoms with van der Waals surface area (Å²) in [5, 5.41) is 11.6. The molecule has 10 nitrogen and oxygen atoms in total. The van der Waals surface area contributed by atoms with Crippen LogP contribution in [0.4, 0.5) is 5.69 Å². The topological polar surface area (TPSA) is 134 Å². The molecule has 1 aliphatic rings. The third-order valence-electron chi connectivity index (χ3n) is 4.94. The molecule has 4 amide bonds. The van der Waals surface area contributed by atoms with Crippen LogP contribution in [0.5, 0.6) is 11.5 Å². The number of fused-ring (bicyclic) bond motifs is 1. The molecule has 0 fully saturated rings. The zero-order valence-electron chi connectivity index (χ0n) is 17.8. The predicted octanol–water partition coefficient (Wildman–Crippen LogP) is 2.29. The number of anilines is 1. The van der Waals surface area contributed by atoms with Gasteiger partial charge in [0.25, 0.3) is 11.8 Å². The van der Waals surface area contributed by atoms with Crippen molar-refractivity contribution in [1.29, 1.82) is 0 Å². The van der Waals surface area contributed by atoms with Gasteiger partial charge < -0.3 is 14.8 Å². The van der Waals surface area contributed by atoms with Crippen molar-refractivity contribution in [3.05, 3.63) is 53.1 Å². The average molecular weight is 441 g/mol. The lowest BCUT2D eigenvalue weighted by Gasteiger charge is -2.26. The fourth-order valence-corrected chi connectivity index (χ4v) is 3.63. The van der Waals surface area contributed by atoms with Crippen molar-refractivity contribution in [3.63, 3.8) is 0 Å². The summed E-state index contributed by atoms with van der Waals surface area (Å²) < 4.78 is 10.9. The lowest BCUT2D eigenvalue weighted by Crippen LogP contribution is -2.37.